The zero-order valence-corrected chi connectivity index (χ0v) is 12.4. The van der Waals surface area contributed by atoms with Crippen LogP contribution in [-0.4, -0.2) is 35.2 Å². The average Bonchev–Trinajstić information content (AvgIpc) is 2.85. The second-order valence-electron chi connectivity index (χ2n) is 4.36. The Hall–Kier alpha value is -1.24. The van der Waals surface area contributed by atoms with Crippen molar-refractivity contribution in [3.05, 3.63) is 34.6 Å². The standard InChI is InChI=1S/C13H17BrN4O/c1-18(8-4-7-15)9-12-16-17-13(19-12)10-5-2-3-6-11(10)14/h2-3,5-6H,4,7-9,15H2,1H3. The van der Waals surface area contributed by atoms with E-state index in [1.807, 2.05) is 31.3 Å². The van der Waals surface area contributed by atoms with Gasteiger partial charge in [-0.15, -0.1) is 10.2 Å². The van der Waals surface area contributed by atoms with Gasteiger partial charge in [-0.25, -0.2) is 0 Å². The number of nitrogens with two attached hydrogens (primary N) is 1. The molecule has 0 aliphatic rings. The minimum Gasteiger partial charge on any atom is -0.419 e. The van der Waals surface area contributed by atoms with Crippen LogP contribution in [0, 0.1) is 0 Å². The minimum atomic E-state index is 0.537. The van der Waals surface area contributed by atoms with E-state index in [0.29, 0.717) is 24.9 Å². The summed E-state index contributed by atoms with van der Waals surface area (Å²) in [6, 6.07) is 7.79. The summed E-state index contributed by atoms with van der Waals surface area (Å²) in [5, 5.41) is 8.15. The summed E-state index contributed by atoms with van der Waals surface area (Å²) in [6.07, 6.45) is 0.960. The molecule has 0 aliphatic carbocycles. The van der Waals surface area contributed by atoms with Gasteiger partial charge >= 0.3 is 0 Å². The number of hydrogen-bond acceptors (Lipinski definition) is 5. The molecular formula is C13H17BrN4O. The molecule has 1 aromatic heterocycles. The fourth-order valence-corrected chi connectivity index (χ4v) is 2.19. The lowest BCUT2D eigenvalue weighted by Gasteiger charge is -2.12. The lowest BCUT2D eigenvalue weighted by molar-refractivity contribution is 0.288. The molecule has 0 unspecified atom stereocenters. The van der Waals surface area contributed by atoms with Gasteiger partial charge in [0.2, 0.25) is 11.8 Å². The molecule has 2 N–H and O–H groups in total. The second-order valence-corrected chi connectivity index (χ2v) is 5.22. The summed E-state index contributed by atoms with van der Waals surface area (Å²) in [4.78, 5) is 2.12. The Bertz CT molecular complexity index is 529. The maximum atomic E-state index is 5.68. The van der Waals surface area contributed by atoms with Crippen LogP contribution in [-0.2, 0) is 6.54 Å². The highest BCUT2D eigenvalue weighted by Crippen LogP contribution is 2.26. The van der Waals surface area contributed by atoms with Gasteiger partial charge in [0.05, 0.1) is 12.1 Å². The molecule has 1 aromatic carbocycles. The third-order valence-corrected chi connectivity index (χ3v) is 3.41. The maximum Gasteiger partial charge on any atom is 0.248 e. The third kappa shape index (κ3) is 3.86. The summed E-state index contributed by atoms with van der Waals surface area (Å²) in [5.74, 6) is 1.15. The molecule has 0 saturated carbocycles. The van der Waals surface area contributed by atoms with Crippen LogP contribution in [0.2, 0.25) is 0 Å². The van der Waals surface area contributed by atoms with Gasteiger partial charge in [0, 0.05) is 4.47 Å². The highest BCUT2D eigenvalue weighted by Gasteiger charge is 2.12. The van der Waals surface area contributed by atoms with Gasteiger partial charge < -0.3 is 10.2 Å². The van der Waals surface area contributed by atoms with E-state index in [0.717, 1.165) is 23.0 Å². The fraction of sp³-hybridized carbons (Fsp3) is 0.385. The van der Waals surface area contributed by atoms with Crippen molar-refractivity contribution in [1.29, 1.82) is 0 Å². The Morgan fingerprint density at radius 2 is 2.11 bits per heavy atom. The van der Waals surface area contributed by atoms with Crippen LogP contribution in [0.4, 0.5) is 0 Å². The predicted octanol–water partition coefficient (Wildman–Crippen LogP) is 2.28. The van der Waals surface area contributed by atoms with Crippen molar-refractivity contribution >= 4 is 15.9 Å². The van der Waals surface area contributed by atoms with Crippen LogP contribution in [0.1, 0.15) is 12.3 Å². The predicted molar refractivity (Wildman–Crippen MR) is 77.4 cm³/mol. The van der Waals surface area contributed by atoms with Crippen LogP contribution in [0.5, 0.6) is 0 Å². The van der Waals surface area contributed by atoms with Gasteiger partial charge in [-0.3, -0.25) is 4.90 Å². The van der Waals surface area contributed by atoms with Crippen LogP contribution < -0.4 is 5.73 Å². The Kier molecular flexibility index (Phi) is 5.07. The van der Waals surface area contributed by atoms with Crippen molar-refractivity contribution in [2.45, 2.75) is 13.0 Å². The van der Waals surface area contributed by atoms with Crippen molar-refractivity contribution in [2.75, 3.05) is 20.1 Å². The normalized spacial score (nSPS) is 11.2. The first-order valence-corrected chi connectivity index (χ1v) is 6.96. The molecule has 0 radical (unpaired) electrons. The Labute approximate surface area is 120 Å². The number of benzene rings is 1. The molecule has 6 heteroatoms. The Morgan fingerprint density at radius 1 is 1.32 bits per heavy atom. The number of halogens is 1. The van der Waals surface area contributed by atoms with Crippen molar-refractivity contribution in [2.24, 2.45) is 5.73 Å². The first kappa shape index (κ1) is 14.2. The smallest absolute Gasteiger partial charge is 0.248 e. The molecular weight excluding hydrogens is 308 g/mol. The quantitative estimate of drug-likeness (QED) is 0.882. The first-order valence-electron chi connectivity index (χ1n) is 6.16. The molecule has 0 bridgehead atoms. The van der Waals surface area contributed by atoms with Crippen molar-refractivity contribution in [3.63, 3.8) is 0 Å². The largest absolute Gasteiger partial charge is 0.419 e. The zero-order valence-electron chi connectivity index (χ0n) is 10.8. The number of aromatic nitrogens is 2. The average molecular weight is 325 g/mol. The Balaban J connectivity index is 2.05. The SMILES string of the molecule is CN(CCCN)Cc1nnc(-c2ccccc2Br)o1. The van der Waals surface area contributed by atoms with Gasteiger partial charge in [-0.2, -0.15) is 0 Å². The highest BCUT2D eigenvalue weighted by atomic mass is 79.9. The highest BCUT2D eigenvalue weighted by molar-refractivity contribution is 9.10. The van der Waals surface area contributed by atoms with E-state index in [1.54, 1.807) is 0 Å². The lowest BCUT2D eigenvalue weighted by atomic mass is 10.2. The molecule has 102 valence electrons. The van der Waals surface area contributed by atoms with Crippen LogP contribution in [0.25, 0.3) is 11.5 Å². The molecule has 0 amide bonds. The monoisotopic (exact) mass is 324 g/mol. The van der Waals surface area contributed by atoms with E-state index in [-0.39, 0.29) is 0 Å². The second kappa shape index (κ2) is 6.79. The topological polar surface area (TPSA) is 68.2 Å². The molecule has 1 heterocycles. The van der Waals surface area contributed by atoms with Gasteiger partial charge in [-0.1, -0.05) is 12.1 Å². The van der Waals surface area contributed by atoms with Crippen molar-refractivity contribution < 1.29 is 4.42 Å². The molecule has 0 aliphatic heterocycles. The number of nitrogens with zero attached hydrogens (tertiary/aromatic N) is 3. The third-order valence-electron chi connectivity index (χ3n) is 2.72. The number of hydrogen-bond donors (Lipinski definition) is 1. The molecule has 5 nitrogen and oxygen atoms in total. The summed E-state index contributed by atoms with van der Waals surface area (Å²) in [5.41, 5.74) is 6.39. The van der Waals surface area contributed by atoms with E-state index in [1.165, 1.54) is 0 Å². The first-order chi connectivity index (χ1) is 9.20. The van der Waals surface area contributed by atoms with E-state index >= 15 is 0 Å². The fourth-order valence-electron chi connectivity index (χ4n) is 1.73. The zero-order chi connectivity index (χ0) is 13.7. The molecule has 0 atom stereocenters. The molecule has 2 rings (SSSR count). The lowest BCUT2D eigenvalue weighted by Crippen LogP contribution is -2.21. The van der Waals surface area contributed by atoms with Gasteiger partial charge in [0.25, 0.3) is 0 Å². The molecule has 0 spiro atoms. The van der Waals surface area contributed by atoms with Crippen LogP contribution >= 0.6 is 15.9 Å². The summed E-state index contributed by atoms with van der Waals surface area (Å²) in [6.45, 7) is 2.25. The molecule has 2 aromatic rings. The molecule has 0 saturated heterocycles. The van der Waals surface area contributed by atoms with Crippen LogP contribution in [0.3, 0.4) is 0 Å². The van der Waals surface area contributed by atoms with E-state index in [2.05, 4.69) is 31.0 Å². The Morgan fingerprint density at radius 3 is 2.84 bits per heavy atom. The van der Waals surface area contributed by atoms with Gasteiger partial charge in [-0.05, 0) is 54.6 Å². The summed E-state index contributed by atoms with van der Waals surface area (Å²) < 4.78 is 6.62. The van der Waals surface area contributed by atoms with E-state index in [4.69, 9.17) is 10.2 Å². The maximum absolute atomic E-state index is 5.68. The summed E-state index contributed by atoms with van der Waals surface area (Å²) >= 11 is 3.48. The van der Waals surface area contributed by atoms with Gasteiger partial charge in [0.1, 0.15) is 0 Å². The molecule has 0 fully saturated rings. The van der Waals surface area contributed by atoms with Gasteiger partial charge in [0.15, 0.2) is 0 Å². The van der Waals surface area contributed by atoms with Crippen molar-refractivity contribution in [3.8, 4) is 11.5 Å². The minimum absolute atomic E-state index is 0.537. The van der Waals surface area contributed by atoms with E-state index < -0.39 is 0 Å². The van der Waals surface area contributed by atoms with Crippen molar-refractivity contribution in [1.82, 2.24) is 15.1 Å². The van der Waals surface area contributed by atoms with Crippen LogP contribution in [0.15, 0.2) is 33.2 Å². The number of rotatable bonds is 6. The molecule has 19 heavy (non-hydrogen) atoms. The summed E-state index contributed by atoms with van der Waals surface area (Å²) in [7, 11) is 2.01. The van der Waals surface area contributed by atoms with E-state index in [9.17, 15) is 0 Å².